The van der Waals surface area contributed by atoms with E-state index >= 15 is 0 Å². The Morgan fingerprint density at radius 1 is 1.40 bits per heavy atom. The zero-order chi connectivity index (χ0) is 6.97. The summed E-state index contributed by atoms with van der Waals surface area (Å²) in [5.74, 6) is 0. The van der Waals surface area contributed by atoms with Crippen molar-refractivity contribution in [3.8, 4) is 0 Å². The molecule has 0 fully saturated rings. The Morgan fingerprint density at radius 2 is 2.30 bits per heavy atom. The second-order valence-electron chi connectivity index (χ2n) is 1.94. The summed E-state index contributed by atoms with van der Waals surface area (Å²) >= 11 is 2.17. The van der Waals surface area contributed by atoms with Crippen LogP contribution in [0.3, 0.4) is 0 Å². The van der Waals surface area contributed by atoms with E-state index in [1.807, 2.05) is 12.1 Å². The number of nitrogens with one attached hydrogen (secondary N) is 1. The lowest BCUT2D eigenvalue weighted by Crippen LogP contribution is -1.79. The van der Waals surface area contributed by atoms with Gasteiger partial charge in [0.25, 0.3) is 0 Å². The fraction of sp³-hybridized carbons (Fsp3) is 0. The second-order valence-corrected chi connectivity index (χ2v) is 3.05. The first-order valence-corrected chi connectivity index (χ1v) is 3.90. The van der Waals surface area contributed by atoms with Gasteiger partial charge in [-0.05, 0) is 34.7 Å². The van der Waals surface area contributed by atoms with E-state index < -0.39 is 0 Å². The SMILES string of the molecule is Ic1ccc2cn[nH]c2n1. The molecule has 0 aliphatic rings. The van der Waals surface area contributed by atoms with Crippen molar-refractivity contribution in [1.82, 2.24) is 15.2 Å². The highest BCUT2D eigenvalue weighted by Crippen LogP contribution is 2.09. The van der Waals surface area contributed by atoms with Gasteiger partial charge in [-0.25, -0.2) is 4.98 Å². The first-order valence-electron chi connectivity index (χ1n) is 2.82. The average Bonchev–Trinajstić information content (AvgIpc) is 2.33. The van der Waals surface area contributed by atoms with Crippen molar-refractivity contribution in [3.05, 3.63) is 22.0 Å². The molecule has 2 aromatic rings. The zero-order valence-corrected chi connectivity index (χ0v) is 7.16. The van der Waals surface area contributed by atoms with E-state index in [-0.39, 0.29) is 0 Å². The van der Waals surface area contributed by atoms with Crippen molar-refractivity contribution in [2.24, 2.45) is 0 Å². The number of halogens is 1. The van der Waals surface area contributed by atoms with Gasteiger partial charge >= 0.3 is 0 Å². The summed E-state index contributed by atoms with van der Waals surface area (Å²) in [5, 5.41) is 7.70. The second kappa shape index (κ2) is 2.19. The van der Waals surface area contributed by atoms with Gasteiger partial charge in [0, 0.05) is 5.39 Å². The molecule has 1 N–H and O–H groups in total. The van der Waals surface area contributed by atoms with Crippen LogP contribution in [0.2, 0.25) is 0 Å². The minimum absolute atomic E-state index is 0.854. The minimum Gasteiger partial charge on any atom is -0.261 e. The van der Waals surface area contributed by atoms with Gasteiger partial charge in [0.1, 0.15) is 3.70 Å². The number of H-pyrrole nitrogens is 1. The van der Waals surface area contributed by atoms with Crippen LogP contribution in [0.4, 0.5) is 0 Å². The summed E-state index contributed by atoms with van der Waals surface area (Å²) < 4.78 is 0.981. The molecule has 2 aromatic heterocycles. The quantitative estimate of drug-likeness (QED) is 0.565. The number of hydrogen-bond donors (Lipinski definition) is 1. The van der Waals surface area contributed by atoms with Crippen molar-refractivity contribution < 1.29 is 0 Å². The summed E-state index contributed by atoms with van der Waals surface area (Å²) in [6, 6.07) is 3.95. The molecule has 0 bridgehead atoms. The van der Waals surface area contributed by atoms with E-state index in [2.05, 4.69) is 37.8 Å². The van der Waals surface area contributed by atoms with E-state index in [1.165, 1.54) is 0 Å². The van der Waals surface area contributed by atoms with Crippen LogP contribution in [-0.2, 0) is 0 Å². The van der Waals surface area contributed by atoms with Gasteiger partial charge in [-0.15, -0.1) is 0 Å². The Labute approximate surface area is 71.0 Å². The highest BCUT2D eigenvalue weighted by molar-refractivity contribution is 14.1. The van der Waals surface area contributed by atoms with Crippen molar-refractivity contribution in [3.63, 3.8) is 0 Å². The highest BCUT2D eigenvalue weighted by Gasteiger charge is 1.94. The summed E-state index contributed by atoms with van der Waals surface area (Å²) in [5.41, 5.74) is 0.854. The Hall–Kier alpha value is -0.650. The number of pyridine rings is 1. The fourth-order valence-corrected chi connectivity index (χ4v) is 1.22. The number of hydrogen-bond acceptors (Lipinski definition) is 2. The molecule has 0 spiro atoms. The largest absolute Gasteiger partial charge is 0.261 e. The predicted molar refractivity (Wildman–Crippen MR) is 46.6 cm³/mol. The van der Waals surface area contributed by atoms with Crippen molar-refractivity contribution in [2.45, 2.75) is 0 Å². The molecule has 0 aliphatic heterocycles. The normalized spacial score (nSPS) is 10.5. The van der Waals surface area contributed by atoms with Gasteiger partial charge in [0.2, 0.25) is 0 Å². The third kappa shape index (κ3) is 0.880. The first-order chi connectivity index (χ1) is 4.86. The van der Waals surface area contributed by atoms with Crippen LogP contribution in [0.1, 0.15) is 0 Å². The highest BCUT2D eigenvalue weighted by atomic mass is 127. The maximum atomic E-state index is 4.20. The molecule has 0 aliphatic carbocycles. The van der Waals surface area contributed by atoms with E-state index in [0.717, 1.165) is 14.7 Å². The van der Waals surface area contributed by atoms with Crippen molar-refractivity contribution >= 4 is 33.6 Å². The van der Waals surface area contributed by atoms with Crippen LogP contribution in [0.25, 0.3) is 11.0 Å². The molecule has 0 unspecified atom stereocenters. The Morgan fingerprint density at radius 3 is 3.20 bits per heavy atom. The molecular weight excluding hydrogens is 241 g/mol. The van der Waals surface area contributed by atoms with Crippen molar-refractivity contribution in [1.29, 1.82) is 0 Å². The predicted octanol–water partition coefficient (Wildman–Crippen LogP) is 1.56. The number of nitrogens with zero attached hydrogens (tertiary/aromatic N) is 2. The first kappa shape index (κ1) is 6.09. The molecule has 0 radical (unpaired) electrons. The Bertz CT molecular complexity index is 355. The lowest BCUT2D eigenvalue weighted by Gasteiger charge is -1.86. The van der Waals surface area contributed by atoms with Gasteiger partial charge in [-0.1, -0.05) is 0 Å². The zero-order valence-electron chi connectivity index (χ0n) is 5.00. The third-order valence-corrected chi connectivity index (χ3v) is 1.87. The van der Waals surface area contributed by atoms with Crippen molar-refractivity contribution in [2.75, 3.05) is 0 Å². The van der Waals surface area contributed by atoms with E-state index in [4.69, 9.17) is 0 Å². The Balaban J connectivity index is 2.86. The lowest BCUT2D eigenvalue weighted by molar-refractivity contribution is 1.09. The summed E-state index contributed by atoms with van der Waals surface area (Å²) in [6.07, 6.45) is 1.76. The lowest BCUT2D eigenvalue weighted by atomic mass is 10.4. The van der Waals surface area contributed by atoms with Gasteiger partial charge in [-0.3, -0.25) is 5.10 Å². The molecule has 2 heterocycles. The summed E-state index contributed by atoms with van der Waals surface area (Å²) in [6.45, 7) is 0. The van der Waals surface area contributed by atoms with E-state index in [1.54, 1.807) is 6.20 Å². The molecule has 0 amide bonds. The maximum absolute atomic E-state index is 4.20. The van der Waals surface area contributed by atoms with Crippen LogP contribution in [0, 0.1) is 3.70 Å². The van der Waals surface area contributed by atoms with Gasteiger partial charge < -0.3 is 0 Å². The molecule has 10 heavy (non-hydrogen) atoms. The maximum Gasteiger partial charge on any atom is 0.156 e. The summed E-state index contributed by atoms with van der Waals surface area (Å²) in [4.78, 5) is 4.20. The number of aromatic nitrogens is 3. The van der Waals surface area contributed by atoms with E-state index in [0.29, 0.717) is 0 Å². The third-order valence-electron chi connectivity index (χ3n) is 1.27. The topological polar surface area (TPSA) is 41.6 Å². The smallest absolute Gasteiger partial charge is 0.156 e. The summed E-state index contributed by atoms with van der Waals surface area (Å²) in [7, 11) is 0. The molecular formula is C6H4IN3. The minimum atomic E-state index is 0.854. The number of aromatic amines is 1. The van der Waals surface area contributed by atoms with Crippen LogP contribution < -0.4 is 0 Å². The molecule has 0 saturated heterocycles. The molecule has 0 atom stereocenters. The van der Waals surface area contributed by atoms with Gasteiger partial charge in [0.05, 0.1) is 6.20 Å². The Kier molecular flexibility index (Phi) is 1.33. The molecule has 50 valence electrons. The molecule has 0 saturated carbocycles. The van der Waals surface area contributed by atoms with Gasteiger partial charge in [0.15, 0.2) is 5.65 Å². The van der Waals surface area contributed by atoms with Crippen LogP contribution in [-0.4, -0.2) is 15.2 Å². The van der Waals surface area contributed by atoms with Crippen LogP contribution in [0.5, 0.6) is 0 Å². The van der Waals surface area contributed by atoms with E-state index in [9.17, 15) is 0 Å². The standard InChI is InChI=1S/C6H4IN3/c7-5-2-1-4-3-8-10-6(4)9-5/h1-3H,(H,8,9,10). The number of fused-ring (bicyclic) bond motifs is 1. The monoisotopic (exact) mass is 245 g/mol. The fourth-order valence-electron chi connectivity index (χ4n) is 0.803. The van der Waals surface area contributed by atoms with Crippen LogP contribution >= 0.6 is 22.6 Å². The van der Waals surface area contributed by atoms with Crippen LogP contribution in [0.15, 0.2) is 18.3 Å². The molecule has 2 rings (SSSR count). The van der Waals surface area contributed by atoms with Gasteiger partial charge in [-0.2, -0.15) is 5.10 Å². The molecule has 0 aromatic carbocycles. The molecule has 3 nitrogen and oxygen atoms in total. The average molecular weight is 245 g/mol. The number of rotatable bonds is 0. The molecule has 4 heteroatoms.